The molecule has 0 amide bonds. The highest BCUT2D eigenvalue weighted by Gasteiger charge is 2.21. The summed E-state index contributed by atoms with van der Waals surface area (Å²) in [5.41, 5.74) is 2.01. The van der Waals surface area contributed by atoms with Crippen LogP contribution in [0.1, 0.15) is 24.4 Å². The normalized spacial score (nSPS) is 14.6. The first-order chi connectivity index (χ1) is 11.9. The predicted octanol–water partition coefficient (Wildman–Crippen LogP) is 5.19. The molecule has 0 atom stereocenters. The van der Waals surface area contributed by atoms with Crippen LogP contribution >= 0.6 is 27.5 Å². The Morgan fingerprint density at radius 1 is 1.52 bits per heavy atom. The van der Waals surface area contributed by atoms with E-state index >= 15 is 0 Å². The summed E-state index contributed by atoms with van der Waals surface area (Å²) in [6.07, 6.45) is 4.64. The number of hydrogen-bond acceptors (Lipinski definition) is 4. The number of oxazole rings is 1. The standard InChI is InChI=1S/C18H18BrClFN3O/c1-10-24-16(6-12(18(20)22)9-23-8-11-2-3-11)17(25-10)14-5-4-13(21)7-15(14)19/h4-5,7,9,11,22-23H,2-3,6,8H2,1H3/b12-9-,22-18?. The first-order valence-electron chi connectivity index (χ1n) is 8.02. The lowest BCUT2D eigenvalue weighted by atomic mass is 10.1. The summed E-state index contributed by atoms with van der Waals surface area (Å²) in [6, 6.07) is 4.40. The van der Waals surface area contributed by atoms with Gasteiger partial charge in [0.25, 0.3) is 0 Å². The molecule has 0 saturated heterocycles. The lowest BCUT2D eigenvalue weighted by Crippen LogP contribution is -2.12. The predicted molar refractivity (Wildman–Crippen MR) is 100 cm³/mol. The van der Waals surface area contributed by atoms with Crippen molar-refractivity contribution < 1.29 is 8.81 Å². The molecular weight excluding hydrogens is 409 g/mol. The molecule has 25 heavy (non-hydrogen) atoms. The number of aryl methyl sites for hydroxylation is 1. The minimum absolute atomic E-state index is 0.0342. The van der Waals surface area contributed by atoms with Crippen LogP contribution in [0.15, 0.2) is 38.9 Å². The third-order valence-corrected chi connectivity index (χ3v) is 4.90. The Morgan fingerprint density at radius 3 is 2.92 bits per heavy atom. The summed E-state index contributed by atoms with van der Waals surface area (Å²) >= 11 is 9.30. The summed E-state index contributed by atoms with van der Waals surface area (Å²) in [5, 5.41) is 11.0. The molecule has 1 saturated carbocycles. The molecule has 4 nitrogen and oxygen atoms in total. The van der Waals surface area contributed by atoms with Crippen molar-refractivity contribution >= 4 is 32.7 Å². The van der Waals surface area contributed by atoms with Gasteiger partial charge in [-0.1, -0.05) is 11.6 Å². The van der Waals surface area contributed by atoms with Crippen molar-refractivity contribution in [1.82, 2.24) is 10.3 Å². The van der Waals surface area contributed by atoms with Gasteiger partial charge in [0.1, 0.15) is 11.0 Å². The van der Waals surface area contributed by atoms with Gasteiger partial charge < -0.3 is 9.73 Å². The van der Waals surface area contributed by atoms with Crippen LogP contribution in [0.3, 0.4) is 0 Å². The molecule has 2 aromatic rings. The first-order valence-corrected chi connectivity index (χ1v) is 9.19. The molecule has 1 aromatic carbocycles. The highest BCUT2D eigenvalue weighted by atomic mass is 79.9. The summed E-state index contributed by atoms with van der Waals surface area (Å²) in [7, 11) is 0. The molecule has 0 spiro atoms. The van der Waals surface area contributed by atoms with E-state index in [9.17, 15) is 4.39 Å². The van der Waals surface area contributed by atoms with Gasteiger partial charge in [-0.2, -0.15) is 0 Å². The topological polar surface area (TPSA) is 61.9 Å². The van der Waals surface area contributed by atoms with Crippen molar-refractivity contribution in [3.63, 3.8) is 0 Å². The molecular formula is C18H18BrClFN3O. The smallest absolute Gasteiger partial charge is 0.192 e. The van der Waals surface area contributed by atoms with Gasteiger partial charge in [-0.15, -0.1) is 0 Å². The molecule has 1 aliphatic rings. The SMILES string of the molecule is Cc1nc(C/C(=C/NCC2CC2)C(=N)Cl)c(-c2ccc(F)cc2Br)o1. The van der Waals surface area contributed by atoms with Gasteiger partial charge in [0, 0.05) is 41.7 Å². The maximum Gasteiger partial charge on any atom is 0.192 e. The molecule has 132 valence electrons. The fourth-order valence-corrected chi connectivity index (χ4v) is 3.17. The van der Waals surface area contributed by atoms with Crippen molar-refractivity contribution in [3.05, 3.63) is 51.8 Å². The molecule has 1 aromatic heterocycles. The zero-order chi connectivity index (χ0) is 18.0. The van der Waals surface area contributed by atoms with Crippen molar-refractivity contribution in [2.75, 3.05) is 6.54 Å². The number of allylic oxidation sites excluding steroid dienone is 1. The summed E-state index contributed by atoms with van der Waals surface area (Å²) in [5.74, 6) is 1.45. The van der Waals surface area contributed by atoms with E-state index in [2.05, 4.69) is 26.2 Å². The van der Waals surface area contributed by atoms with Crippen molar-refractivity contribution in [2.24, 2.45) is 5.92 Å². The van der Waals surface area contributed by atoms with E-state index in [1.54, 1.807) is 19.2 Å². The minimum Gasteiger partial charge on any atom is -0.441 e. The molecule has 0 bridgehead atoms. The van der Waals surface area contributed by atoms with Gasteiger partial charge in [0.15, 0.2) is 11.7 Å². The van der Waals surface area contributed by atoms with Crippen molar-refractivity contribution in [1.29, 1.82) is 5.41 Å². The maximum atomic E-state index is 13.4. The van der Waals surface area contributed by atoms with Crippen LogP contribution in [-0.2, 0) is 6.42 Å². The Kier molecular flexibility index (Phi) is 5.59. The number of nitrogens with zero attached hydrogens (tertiary/aromatic N) is 1. The minimum atomic E-state index is -0.333. The molecule has 0 unspecified atom stereocenters. The molecule has 1 aliphatic carbocycles. The quantitative estimate of drug-likeness (QED) is 0.599. The third-order valence-electron chi connectivity index (χ3n) is 4.00. The summed E-state index contributed by atoms with van der Waals surface area (Å²) < 4.78 is 19.7. The molecule has 1 heterocycles. The van der Waals surface area contributed by atoms with Gasteiger partial charge >= 0.3 is 0 Å². The largest absolute Gasteiger partial charge is 0.441 e. The van der Waals surface area contributed by atoms with Crippen LogP contribution in [0.2, 0.25) is 0 Å². The molecule has 3 rings (SSSR count). The Morgan fingerprint density at radius 2 is 2.28 bits per heavy atom. The van der Waals surface area contributed by atoms with E-state index in [-0.39, 0.29) is 11.0 Å². The number of rotatable bonds is 7. The fraction of sp³-hybridized carbons (Fsp3) is 0.333. The zero-order valence-corrected chi connectivity index (χ0v) is 16.0. The lowest BCUT2D eigenvalue weighted by molar-refractivity contribution is 0.533. The van der Waals surface area contributed by atoms with E-state index in [1.165, 1.54) is 25.0 Å². The van der Waals surface area contributed by atoms with Crippen LogP contribution in [0.25, 0.3) is 11.3 Å². The number of hydrogen-bond donors (Lipinski definition) is 2. The highest BCUT2D eigenvalue weighted by molar-refractivity contribution is 9.10. The Bertz CT molecular complexity index is 830. The monoisotopic (exact) mass is 425 g/mol. The van der Waals surface area contributed by atoms with E-state index in [1.807, 2.05) is 0 Å². The first kappa shape index (κ1) is 18.1. The molecule has 7 heteroatoms. The van der Waals surface area contributed by atoms with E-state index in [0.29, 0.717) is 39.4 Å². The van der Waals surface area contributed by atoms with Gasteiger partial charge in [0.2, 0.25) is 0 Å². The number of nitrogens with one attached hydrogen (secondary N) is 2. The average molecular weight is 427 g/mol. The Hall–Kier alpha value is -1.66. The van der Waals surface area contributed by atoms with E-state index < -0.39 is 0 Å². The van der Waals surface area contributed by atoms with Crippen LogP contribution in [-0.4, -0.2) is 16.7 Å². The van der Waals surface area contributed by atoms with E-state index in [4.69, 9.17) is 21.4 Å². The second-order valence-corrected chi connectivity index (χ2v) is 7.38. The Balaban J connectivity index is 1.87. The second-order valence-electron chi connectivity index (χ2n) is 6.14. The van der Waals surface area contributed by atoms with Gasteiger partial charge in [0.05, 0.1) is 5.69 Å². The number of benzene rings is 1. The van der Waals surface area contributed by atoms with Crippen LogP contribution in [0.4, 0.5) is 4.39 Å². The van der Waals surface area contributed by atoms with Crippen LogP contribution < -0.4 is 5.32 Å². The molecule has 1 fully saturated rings. The number of halogens is 3. The molecule has 2 N–H and O–H groups in total. The lowest BCUT2D eigenvalue weighted by Gasteiger charge is -2.07. The molecule has 0 aliphatic heterocycles. The summed E-state index contributed by atoms with van der Waals surface area (Å²) in [6.45, 7) is 2.65. The molecule has 0 radical (unpaired) electrons. The average Bonchev–Trinajstić information content (AvgIpc) is 3.29. The van der Waals surface area contributed by atoms with Gasteiger partial charge in [-0.25, -0.2) is 9.37 Å². The van der Waals surface area contributed by atoms with Crippen molar-refractivity contribution in [3.8, 4) is 11.3 Å². The zero-order valence-electron chi connectivity index (χ0n) is 13.7. The van der Waals surface area contributed by atoms with Crippen LogP contribution in [0, 0.1) is 24.1 Å². The summed E-state index contributed by atoms with van der Waals surface area (Å²) in [4.78, 5) is 4.42. The number of aromatic nitrogens is 1. The van der Waals surface area contributed by atoms with Gasteiger partial charge in [-0.3, -0.25) is 5.41 Å². The van der Waals surface area contributed by atoms with Crippen molar-refractivity contribution in [2.45, 2.75) is 26.2 Å². The Labute approximate surface area is 159 Å². The fourth-order valence-electron chi connectivity index (χ4n) is 2.52. The van der Waals surface area contributed by atoms with Crippen LogP contribution in [0.5, 0.6) is 0 Å². The van der Waals surface area contributed by atoms with E-state index in [0.717, 1.165) is 12.5 Å². The second kappa shape index (κ2) is 7.70. The highest BCUT2D eigenvalue weighted by Crippen LogP contribution is 2.33. The maximum absolute atomic E-state index is 13.4. The van der Waals surface area contributed by atoms with Gasteiger partial charge in [-0.05, 0) is 52.9 Å². The third kappa shape index (κ3) is 4.70.